The van der Waals surface area contributed by atoms with Crippen LogP contribution in [0, 0.1) is 0 Å². The molecule has 0 amide bonds. The van der Waals surface area contributed by atoms with Crippen LogP contribution >= 0.6 is 11.8 Å². The van der Waals surface area contributed by atoms with Gasteiger partial charge in [-0.2, -0.15) is 0 Å². The lowest BCUT2D eigenvalue weighted by Crippen LogP contribution is -2.34. The first-order valence-corrected chi connectivity index (χ1v) is 8.08. The zero-order chi connectivity index (χ0) is 13.1. The highest BCUT2D eigenvalue weighted by Gasteiger charge is 2.19. The second-order valence-electron chi connectivity index (χ2n) is 5.31. The van der Waals surface area contributed by atoms with Gasteiger partial charge in [-0.25, -0.2) is 4.98 Å². The Bertz CT molecular complexity index is 433. The van der Waals surface area contributed by atoms with E-state index in [-0.39, 0.29) is 6.10 Å². The molecule has 3 N–H and O–H groups in total. The van der Waals surface area contributed by atoms with Crippen molar-refractivity contribution < 1.29 is 5.11 Å². The van der Waals surface area contributed by atoms with Gasteiger partial charge in [0.15, 0.2) is 0 Å². The fraction of sp³-hybridized carbons (Fsp3) is 0.643. The monoisotopic (exact) mass is 279 g/mol. The third-order valence-corrected chi connectivity index (χ3v) is 4.89. The first-order chi connectivity index (χ1) is 9.31. The largest absolute Gasteiger partial charge is 0.393 e. The molecule has 0 saturated heterocycles. The van der Waals surface area contributed by atoms with Crippen LogP contribution in [0.25, 0.3) is 0 Å². The van der Waals surface area contributed by atoms with E-state index in [2.05, 4.69) is 27.8 Å². The van der Waals surface area contributed by atoms with Crippen molar-refractivity contribution in [3.8, 4) is 0 Å². The molecule has 0 atom stereocenters. The van der Waals surface area contributed by atoms with E-state index in [1.54, 1.807) is 0 Å². The second-order valence-corrected chi connectivity index (χ2v) is 6.45. The van der Waals surface area contributed by atoms with E-state index in [1.165, 1.54) is 4.90 Å². The summed E-state index contributed by atoms with van der Waals surface area (Å²) < 4.78 is 0. The van der Waals surface area contributed by atoms with Crippen LogP contribution in [-0.4, -0.2) is 34.5 Å². The molecule has 1 aromatic rings. The molecule has 5 heteroatoms. The number of hydrogen-bond acceptors (Lipinski definition) is 5. The molecular formula is C14H21N3OS. The summed E-state index contributed by atoms with van der Waals surface area (Å²) in [5.41, 5.74) is 1.10. The van der Waals surface area contributed by atoms with Gasteiger partial charge in [0.05, 0.1) is 11.8 Å². The quantitative estimate of drug-likeness (QED) is 0.790. The summed E-state index contributed by atoms with van der Waals surface area (Å²) in [6.07, 6.45) is 3.91. The number of hydrogen-bond donors (Lipinski definition) is 3. The smallest absolute Gasteiger partial charge is 0.140 e. The summed E-state index contributed by atoms with van der Waals surface area (Å²) in [6, 6.07) is 4.81. The van der Waals surface area contributed by atoms with Gasteiger partial charge in [-0.3, -0.25) is 0 Å². The van der Waals surface area contributed by atoms with Gasteiger partial charge in [0, 0.05) is 29.8 Å². The second kappa shape index (κ2) is 6.11. The summed E-state index contributed by atoms with van der Waals surface area (Å²) >= 11 is 1.87. The molecule has 2 aliphatic rings. The standard InChI is InChI=1S/C14H21N3OS/c18-12-4-1-10(2-5-12)16-9-11-3-6-13-14(17-11)15-7-8-19-13/h3,6,10,12,16,18H,1-2,4-5,7-9H2,(H,15,17). The molecular weight excluding hydrogens is 258 g/mol. The van der Waals surface area contributed by atoms with E-state index < -0.39 is 0 Å². The summed E-state index contributed by atoms with van der Waals surface area (Å²) in [7, 11) is 0. The molecule has 0 spiro atoms. The van der Waals surface area contributed by atoms with E-state index in [0.29, 0.717) is 6.04 Å². The maximum atomic E-state index is 9.49. The average Bonchev–Trinajstić information content (AvgIpc) is 2.46. The topological polar surface area (TPSA) is 57.2 Å². The number of nitrogens with one attached hydrogen (secondary N) is 2. The number of nitrogens with zero attached hydrogens (tertiary/aromatic N) is 1. The third-order valence-electron chi connectivity index (χ3n) is 3.84. The van der Waals surface area contributed by atoms with Crippen LogP contribution in [0.3, 0.4) is 0 Å². The average molecular weight is 279 g/mol. The zero-order valence-corrected chi connectivity index (χ0v) is 11.9. The van der Waals surface area contributed by atoms with Gasteiger partial charge in [0.1, 0.15) is 5.82 Å². The van der Waals surface area contributed by atoms with Gasteiger partial charge in [0.25, 0.3) is 0 Å². The molecule has 1 saturated carbocycles. The first kappa shape index (κ1) is 13.2. The van der Waals surface area contributed by atoms with E-state index in [0.717, 1.165) is 56.0 Å². The fourth-order valence-corrected chi connectivity index (χ4v) is 3.53. The van der Waals surface area contributed by atoms with Gasteiger partial charge in [-0.1, -0.05) is 0 Å². The number of pyridine rings is 1. The van der Waals surface area contributed by atoms with Crippen molar-refractivity contribution in [2.45, 2.75) is 49.3 Å². The summed E-state index contributed by atoms with van der Waals surface area (Å²) in [4.78, 5) is 5.93. The number of fused-ring (bicyclic) bond motifs is 1. The minimum Gasteiger partial charge on any atom is -0.393 e. The lowest BCUT2D eigenvalue weighted by Gasteiger charge is -2.26. The Morgan fingerprint density at radius 2 is 2.16 bits per heavy atom. The molecule has 2 heterocycles. The maximum Gasteiger partial charge on any atom is 0.140 e. The lowest BCUT2D eigenvalue weighted by molar-refractivity contribution is 0.116. The van der Waals surface area contributed by atoms with E-state index >= 15 is 0 Å². The van der Waals surface area contributed by atoms with Crippen LogP contribution in [0.1, 0.15) is 31.4 Å². The van der Waals surface area contributed by atoms with E-state index in [9.17, 15) is 5.11 Å². The molecule has 3 rings (SSSR count). The molecule has 19 heavy (non-hydrogen) atoms. The maximum absolute atomic E-state index is 9.49. The van der Waals surface area contributed by atoms with Crippen LogP contribution in [0.5, 0.6) is 0 Å². The summed E-state index contributed by atoms with van der Waals surface area (Å²) in [5.74, 6) is 2.16. The zero-order valence-electron chi connectivity index (χ0n) is 11.1. The van der Waals surface area contributed by atoms with Crippen molar-refractivity contribution in [1.29, 1.82) is 0 Å². The Labute approximate surface area is 118 Å². The van der Waals surface area contributed by atoms with Crippen molar-refractivity contribution in [3.63, 3.8) is 0 Å². The van der Waals surface area contributed by atoms with Gasteiger partial charge in [-0.15, -0.1) is 11.8 Å². The predicted molar refractivity (Wildman–Crippen MR) is 78.6 cm³/mol. The van der Waals surface area contributed by atoms with E-state index in [4.69, 9.17) is 0 Å². The van der Waals surface area contributed by atoms with Crippen LogP contribution in [0.4, 0.5) is 5.82 Å². The van der Waals surface area contributed by atoms with Gasteiger partial charge >= 0.3 is 0 Å². The van der Waals surface area contributed by atoms with Crippen molar-refractivity contribution in [2.75, 3.05) is 17.6 Å². The molecule has 0 bridgehead atoms. The first-order valence-electron chi connectivity index (χ1n) is 7.09. The Hall–Kier alpha value is -0.780. The molecule has 0 radical (unpaired) electrons. The SMILES string of the molecule is OC1CCC(NCc2ccc3c(n2)NCCS3)CC1. The minimum absolute atomic E-state index is 0.0823. The van der Waals surface area contributed by atoms with Crippen molar-refractivity contribution in [2.24, 2.45) is 0 Å². The van der Waals surface area contributed by atoms with Crippen LogP contribution in [-0.2, 0) is 6.54 Å². The van der Waals surface area contributed by atoms with Crippen LogP contribution < -0.4 is 10.6 Å². The van der Waals surface area contributed by atoms with Gasteiger partial charge < -0.3 is 15.7 Å². The Morgan fingerprint density at radius 3 is 3.00 bits per heavy atom. The summed E-state index contributed by atoms with van der Waals surface area (Å²) in [5, 5.41) is 16.4. The lowest BCUT2D eigenvalue weighted by atomic mass is 9.93. The van der Waals surface area contributed by atoms with Crippen molar-refractivity contribution in [3.05, 3.63) is 17.8 Å². The highest BCUT2D eigenvalue weighted by atomic mass is 32.2. The highest BCUT2D eigenvalue weighted by molar-refractivity contribution is 7.99. The molecule has 1 fully saturated rings. The Balaban J connectivity index is 1.55. The number of rotatable bonds is 3. The molecule has 1 aliphatic heterocycles. The van der Waals surface area contributed by atoms with Gasteiger partial charge in [-0.05, 0) is 37.8 Å². The molecule has 104 valence electrons. The minimum atomic E-state index is -0.0823. The molecule has 1 aromatic heterocycles. The molecule has 4 nitrogen and oxygen atoms in total. The van der Waals surface area contributed by atoms with Crippen molar-refractivity contribution >= 4 is 17.6 Å². The normalized spacial score (nSPS) is 26.6. The number of anilines is 1. The number of aromatic nitrogens is 1. The highest BCUT2D eigenvalue weighted by Crippen LogP contribution is 2.29. The number of aliphatic hydroxyl groups is 1. The Morgan fingerprint density at radius 1 is 1.32 bits per heavy atom. The Kier molecular flexibility index (Phi) is 4.25. The van der Waals surface area contributed by atoms with Gasteiger partial charge in [0.2, 0.25) is 0 Å². The van der Waals surface area contributed by atoms with Crippen LogP contribution in [0.2, 0.25) is 0 Å². The fourth-order valence-electron chi connectivity index (χ4n) is 2.69. The predicted octanol–water partition coefficient (Wildman–Crippen LogP) is 1.99. The number of aliphatic hydroxyl groups excluding tert-OH is 1. The molecule has 0 unspecified atom stereocenters. The number of thioether (sulfide) groups is 1. The van der Waals surface area contributed by atoms with Crippen molar-refractivity contribution in [1.82, 2.24) is 10.3 Å². The molecule has 1 aliphatic carbocycles. The summed E-state index contributed by atoms with van der Waals surface area (Å²) in [6.45, 7) is 1.82. The van der Waals surface area contributed by atoms with E-state index in [1.807, 2.05) is 11.8 Å². The van der Waals surface area contributed by atoms with Crippen LogP contribution in [0.15, 0.2) is 17.0 Å². The molecule has 0 aromatic carbocycles. The third kappa shape index (κ3) is 3.41.